The van der Waals surface area contributed by atoms with E-state index in [1.807, 2.05) is 42.5 Å². The van der Waals surface area contributed by atoms with E-state index in [-0.39, 0.29) is 42.5 Å². The molecule has 1 fully saturated rings. The van der Waals surface area contributed by atoms with Crippen molar-refractivity contribution in [2.45, 2.75) is 18.9 Å². The van der Waals surface area contributed by atoms with Gasteiger partial charge in [0.1, 0.15) is 5.76 Å². The number of likely N-dealkylation sites (tertiary alicyclic amines) is 1. The number of hydrogen-bond donors (Lipinski definition) is 3. The molecule has 3 rings (SSSR count). The van der Waals surface area contributed by atoms with Gasteiger partial charge < -0.3 is 20.4 Å². The van der Waals surface area contributed by atoms with Crippen molar-refractivity contribution in [2.24, 2.45) is 4.99 Å². The summed E-state index contributed by atoms with van der Waals surface area (Å²) in [6.07, 6.45) is 4.13. The van der Waals surface area contributed by atoms with E-state index < -0.39 is 0 Å². The predicted molar refractivity (Wildman–Crippen MR) is 122 cm³/mol. The van der Waals surface area contributed by atoms with E-state index in [1.54, 1.807) is 13.3 Å². The zero-order valence-corrected chi connectivity index (χ0v) is 18.4. The van der Waals surface area contributed by atoms with Gasteiger partial charge in [-0.25, -0.2) is 0 Å². The van der Waals surface area contributed by atoms with Gasteiger partial charge in [0.2, 0.25) is 5.91 Å². The topological polar surface area (TPSA) is 81.9 Å². The Balaban J connectivity index is 0.00000280. The highest BCUT2D eigenvalue weighted by molar-refractivity contribution is 14.0. The quantitative estimate of drug-likeness (QED) is 0.312. The summed E-state index contributed by atoms with van der Waals surface area (Å²) >= 11 is 0. The number of carbonyl (C=O) groups is 1. The largest absolute Gasteiger partial charge is 0.468 e. The average molecular weight is 497 g/mol. The van der Waals surface area contributed by atoms with Gasteiger partial charge in [-0.3, -0.25) is 14.7 Å². The van der Waals surface area contributed by atoms with Crippen molar-refractivity contribution in [3.8, 4) is 0 Å². The van der Waals surface area contributed by atoms with E-state index in [0.29, 0.717) is 12.5 Å². The van der Waals surface area contributed by atoms with E-state index in [9.17, 15) is 4.79 Å². The number of hydrogen-bond acceptors (Lipinski definition) is 4. The molecule has 3 N–H and O–H groups in total. The van der Waals surface area contributed by atoms with Crippen molar-refractivity contribution in [3.05, 3.63) is 54.5 Å². The third kappa shape index (κ3) is 6.52. The Bertz CT molecular complexity index is 730. The SMILES string of the molecule is CN=C(NCC(=O)Nc1ccccc1)NCC(c1ccco1)N1CCCC1.I. The standard InChI is InChI=1S/C20H27N5O2.HI/c1-21-20(23-15-19(26)24-16-8-3-2-4-9-16)22-14-17(18-10-7-13-27-18)25-11-5-6-12-25;/h2-4,7-10,13,17H,5-6,11-12,14-15H2,1H3,(H,24,26)(H2,21,22,23);1H. The molecular weight excluding hydrogens is 469 g/mol. The second-order valence-corrected chi connectivity index (χ2v) is 6.50. The van der Waals surface area contributed by atoms with Crippen LogP contribution >= 0.6 is 24.0 Å². The third-order valence-corrected chi connectivity index (χ3v) is 4.61. The molecule has 0 bridgehead atoms. The minimum Gasteiger partial charge on any atom is -0.468 e. The lowest BCUT2D eigenvalue weighted by atomic mass is 10.2. The summed E-state index contributed by atoms with van der Waals surface area (Å²) in [5.41, 5.74) is 0.777. The summed E-state index contributed by atoms with van der Waals surface area (Å²) in [4.78, 5) is 18.7. The van der Waals surface area contributed by atoms with Crippen LogP contribution in [0.3, 0.4) is 0 Å². The molecule has 0 saturated carbocycles. The maximum absolute atomic E-state index is 12.1. The van der Waals surface area contributed by atoms with E-state index in [1.165, 1.54) is 12.8 Å². The molecule has 2 aromatic rings. The minimum absolute atomic E-state index is 0. The van der Waals surface area contributed by atoms with Gasteiger partial charge in [-0.05, 0) is 50.2 Å². The van der Waals surface area contributed by atoms with Crippen molar-refractivity contribution >= 4 is 41.5 Å². The molecule has 1 aliphatic heterocycles. The molecule has 0 aliphatic carbocycles. The Morgan fingerprint density at radius 3 is 2.54 bits per heavy atom. The Kier molecular flexibility index (Phi) is 9.29. The molecule has 1 amide bonds. The zero-order chi connectivity index (χ0) is 18.9. The smallest absolute Gasteiger partial charge is 0.243 e. The van der Waals surface area contributed by atoms with Crippen LogP contribution in [0.1, 0.15) is 24.6 Å². The summed E-state index contributed by atoms with van der Waals surface area (Å²) in [5.74, 6) is 1.42. The van der Waals surface area contributed by atoms with Gasteiger partial charge in [-0.2, -0.15) is 0 Å². The van der Waals surface area contributed by atoms with Crippen LogP contribution in [0.25, 0.3) is 0 Å². The summed E-state index contributed by atoms with van der Waals surface area (Å²) in [5, 5.41) is 9.22. The summed E-state index contributed by atoms with van der Waals surface area (Å²) < 4.78 is 5.63. The fourth-order valence-corrected chi connectivity index (χ4v) is 3.25. The lowest BCUT2D eigenvalue weighted by molar-refractivity contribution is -0.115. The molecule has 1 saturated heterocycles. The Labute approximate surface area is 183 Å². The first-order valence-corrected chi connectivity index (χ1v) is 9.33. The van der Waals surface area contributed by atoms with Crippen LogP contribution in [0.2, 0.25) is 0 Å². The van der Waals surface area contributed by atoms with Crippen LogP contribution in [0.4, 0.5) is 5.69 Å². The van der Waals surface area contributed by atoms with Gasteiger partial charge in [-0.1, -0.05) is 18.2 Å². The number of halogens is 1. The van der Waals surface area contributed by atoms with Gasteiger partial charge in [0.05, 0.1) is 18.8 Å². The van der Waals surface area contributed by atoms with Crippen LogP contribution in [0.5, 0.6) is 0 Å². The lowest BCUT2D eigenvalue weighted by Gasteiger charge is -2.26. The van der Waals surface area contributed by atoms with Gasteiger partial charge in [0, 0.05) is 19.3 Å². The van der Waals surface area contributed by atoms with Crippen molar-refractivity contribution in [2.75, 3.05) is 38.5 Å². The number of amides is 1. The number of benzene rings is 1. The van der Waals surface area contributed by atoms with Crippen molar-refractivity contribution in [3.63, 3.8) is 0 Å². The normalized spacial score (nSPS) is 15.5. The second kappa shape index (κ2) is 11.7. The number of para-hydroxylation sites is 1. The molecule has 7 nitrogen and oxygen atoms in total. The Hall–Kier alpha value is -2.07. The van der Waals surface area contributed by atoms with Crippen LogP contribution in [0, 0.1) is 0 Å². The van der Waals surface area contributed by atoms with Gasteiger partial charge in [0.25, 0.3) is 0 Å². The zero-order valence-electron chi connectivity index (χ0n) is 16.1. The highest BCUT2D eigenvalue weighted by atomic mass is 127. The first-order valence-electron chi connectivity index (χ1n) is 9.33. The molecule has 152 valence electrons. The third-order valence-electron chi connectivity index (χ3n) is 4.61. The Morgan fingerprint density at radius 2 is 1.89 bits per heavy atom. The molecule has 1 atom stereocenters. The first kappa shape index (κ1) is 22.2. The number of nitrogens with zero attached hydrogens (tertiary/aromatic N) is 2. The van der Waals surface area contributed by atoms with E-state index in [4.69, 9.17) is 4.42 Å². The number of anilines is 1. The molecule has 1 aliphatic rings. The maximum Gasteiger partial charge on any atom is 0.243 e. The van der Waals surface area contributed by atoms with Crippen molar-refractivity contribution in [1.29, 1.82) is 0 Å². The van der Waals surface area contributed by atoms with Crippen LogP contribution in [0.15, 0.2) is 58.1 Å². The summed E-state index contributed by atoms with van der Waals surface area (Å²) in [6, 6.07) is 13.5. The van der Waals surface area contributed by atoms with Gasteiger partial charge >= 0.3 is 0 Å². The Morgan fingerprint density at radius 1 is 1.14 bits per heavy atom. The fourth-order valence-electron chi connectivity index (χ4n) is 3.25. The number of aliphatic imine (C=N–C) groups is 1. The van der Waals surface area contributed by atoms with Crippen molar-refractivity contribution < 1.29 is 9.21 Å². The summed E-state index contributed by atoms with van der Waals surface area (Å²) in [6.45, 7) is 2.94. The van der Waals surface area contributed by atoms with Crippen LogP contribution < -0.4 is 16.0 Å². The number of furan rings is 1. The highest BCUT2D eigenvalue weighted by Crippen LogP contribution is 2.24. The van der Waals surface area contributed by atoms with E-state index >= 15 is 0 Å². The summed E-state index contributed by atoms with van der Waals surface area (Å²) in [7, 11) is 1.70. The lowest BCUT2D eigenvalue weighted by Crippen LogP contribution is -2.44. The van der Waals surface area contributed by atoms with E-state index in [0.717, 1.165) is 24.5 Å². The minimum atomic E-state index is -0.119. The highest BCUT2D eigenvalue weighted by Gasteiger charge is 2.25. The molecule has 0 spiro atoms. The molecular formula is C20H28IN5O2. The number of rotatable bonds is 7. The van der Waals surface area contributed by atoms with Gasteiger partial charge in [-0.15, -0.1) is 24.0 Å². The first-order chi connectivity index (χ1) is 13.3. The van der Waals surface area contributed by atoms with Crippen LogP contribution in [-0.2, 0) is 4.79 Å². The monoisotopic (exact) mass is 497 g/mol. The molecule has 2 heterocycles. The van der Waals surface area contributed by atoms with Crippen LogP contribution in [-0.4, -0.2) is 50.0 Å². The average Bonchev–Trinajstić information content (AvgIpc) is 3.40. The number of carbonyl (C=O) groups excluding carboxylic acids is 1. The predicted octanol–water partition coefficient (Wildman–Crippen LogP) is 2.84. The molecule has 1 aromatic carbocycles. The van der Waals surface area contributed by atoms with Gasteiger partial charge in [0.15, 0.2) is 5.96 Å². The fraction of sp³-hybridized carbons (Fsp3) is 0.400. The second-order valence-electron chi connectivity index (χ2n) is 6.50. The number of guanidine groups is 1. The molecule has 8 heteroatoms. The molecule has 1 unspecified atom stereocenters. The van der Waals surface area contributed by atoms with E-state index in [2.05, 4.69) is 25.8 Å². The van der Waals surface area contributed by atoms with Crippen molar-refractivity contribution in [1.82, 2.24) is 15.5 Å². The molecule has 0 radical (unpaired) electrons. The number of nitrogens with one attached hydrogen (secondary N) is 3. The maximum atomic E-state index is 12.1. The molecule has 28 heavy (non-hydrogen) atoms. The molecule has 1 aromatic heterocycles.